The highest BCUT2D eigenvalue weighted by Crippen LogP contribution is 2.12. The van der Waals surface area contributed by atoms with Crippen molar-refractivity contribution in [1.29, 1.82) is 0 Å². The number of carbonyl (C=O) groups excluding carboxylic acids is 1. The number of morpholine rings is 1. The molecule has 2 aliphatic heterocycles. The first-order valence-electron chi connectivity index (χ1n) is 6.42. The van der Waals surface area contributed by atoms with E-state index in [0.29, 0.717) is 31.4 Å². The van der Waals surface area contributed by atoms with E-state index in [1.165, 1.54) is 0 Å². The maximum absolute atomic E-state index is 12.3. The number of aromatic nitrogens is 3. The topological polar surface area (TPSA) is 92.5 Å². The Morgan fingerprint density at radius 3 is 3.11 bits per heavy atom. The predicted molar refractivity (Wildman–Crippen MR) is 64.7 cm³/mol. The van der Waals surface area contributed by atoms with Crippen LogP contribution in [0.25, 0.3) is 0 Å². The van der Waals surface area contributed by atoms with Crippen molar-refractivity contribution < 1.29 is 14.6 Å². The van der Waals surface area contributed by atoms with Gasteiger partial charge in [-0.25, -0.2) is 4.68 Å². The largest absolute Gasteiger partial charge is 0.394 e. The molecule has 2 fully saturated rings. The summed E-state index contributed by atoms with van der Waals surface area (Å²) in [7, 11) is 0. The summed E-state index contributed by atoms with van der Waals surface area (Å²) >= 11 is 0. The van der Waals surface area contributed by atoms with Crippen molar-refractivity contribution in [2.45, 2.75) is 12.1 Å². The summed E-state index contributed by atoms with van der Waals surface area (Å²) in [4.78, 5) is 13.9. The minimum atomic E-state index is -0.302. The van der Waals surface area contributed by atoms with Crippen LogP contribution in [-0.4, -0.2) is 76.4 Å². The second-order valence-electron chi connectivity index (χ2n) is 4.82. The molecule has 19 heavy (non-hydrogen) atoms. The summed E-state index contributed by atoms with van der Waals surface area (Å²) < 4.78 is 7.05. The molecule has 0 spiro atoms. The third-order valence-corrected chi connectivity index (χ3v) is 3.49. The number of hydrogen-bond acceptors (Lipinski definition) is 6. The number of hydrogen-bond donors (Lipinski definition) is 2. The summed E-state index contributed by atoms with van der Waals surface area (Å²) in [5.74, 6) is -0.153. The van der Waals surface area contributed by atoms with Crippen molar-refractivity contribution in [3.63, 3.8) is 0 Å². The van der Waals surface area contributed by atoms with Gasteiger partial charge in [0.05, 0.1) is 31.6 Å². The van der Waals surface area contributed by atoms with E-state index in [2.05, 4.69) is 15.6 Å². The minimum absolute atomic E-state index is 0.0792. The normalized spacial score (nSPS) is 24.3. The number of nitrogens with one attached hydrogen (secondary N) is 1. The molecule has 2 saturated heterocycles. The van der Waals surface area contributed by atoms with Gasteiger partial charge in [0.15, 0.2) is 5.69 Å². The molecular formula is C11H17N5O3. The molecule has 8 heteroatoms. The average Bonchev–Trinajstić information content (AvgIpc) is 2.85. The van der Waals surface area contributed by atoms with Gasteiger partial charge in [-0.2, -0.15) is 0 Å². The lowest BCUT2D eigenvalue weighted by molar-refractivity contribution is -0.0448. The Morgan fingerprint density at radius 2 is 2.42 bits per heavy atom. The monoisotopic (exact) mass is 267 g/mol. The first-order chi connectivity index (χ1) is 9.28. The number of carbonyl (C=O) groups is 1. The molecule has 3 heterocycles. The molecule has 0 aliphatic carbocycles. The van der Waals surface area contributed by atoms with Gasteiger partial charge in [0.25, 0.3) is 5.91 Å². The van der Waals surface area contributed by atoms with E-state index in [1.54, 1.807) is 15.8 Å². The van der Waals surface area contributed by atoms with Crippen molar-refractivity contribution in [1.82, 2.24) is 25.2 Å². The maximum atomic E-state index is 12.3. The fourth-order valence-corrected chi connectivity index (χ4v) is 2.19. The zero-order valence-electron chi connectivity index (χ0n) is 10.5. The molecule has 0 aromatic carbocycles. The number of ether oxygens (including phenoxy) is 1. The van der Waals surface area contributed by atoms with Gasteiger partial charge in [0.1, 0.15) is 0 Å². The number of rotatable bonds is 3. The zero-order valence-corrected chi connectivity index (χ0v) is 10.5. The van der Waals surface area contributed by atoms with Gasteiger partial charge < -0.3 is 20.1 Å². The molecule has 1 aromatic rings. The molecule has 104 valence electrons. The number of amides is 1. The fraction of sp³-hybridized carbons (Fsp3) is 0.727. The molecule has 0 saturated carbocycles. The first-order valence-corrected chi connectivity index (χ1v) is 6.42. The Labute approximate surface area is 110 Å². The van der Waals surface area contributed by atoms with E-state index in [-0.39, 0.29) is 18.6 Å². The number of aliphatic hydroxyl groups excluding tert-OH is 1. The van der Waals surface area contributed by atoms with Gasteiger partial charge in [0.2, 0.25) is 0 Å². The summed E-state index contributed by atoms with van der Waals surface area (Å²) in [5.41, 5.74) is 0.352. The van der Waals surface area contributed by atoms with Crippen LogP contribution >= 0.6 is 0 Å². The maximum Gasteiger partial charge on any atom is 0.276 e. The van der Waals surface area contributed by atoms with Crippen LogP contribution in [-0.2, 0) is 4.74 Å². The Bertz CT molecular complexity index is 459. The predicted octanol–water partition coefficient (Wildman–Crippen LogP) is -1.74. The van der Waals surface area contributed by atoms with E-state index in [1.807, 2.05) is 0 Å². The smallest absolute Gasteiger partial charge is 0.276 e. The molecule has 1 unspecified atom stereocenters. The fourth-order valence-electron chi connectivity index (χ4n) is 2.19. The third-order valence-electron chi connectivity index (χ3n) is 3.49. The molecular weight excluding hydrogens is 250 g/mol. The molecule has 2 N–H and O–H groups in total. The van der Waals surface area contributed by atoms with Gasteiger partial charge in [0, 0.05) is 26.2 Å². The van der Waals surface area contributed by atoms with Crippen molar-refractivity contribution >= 4 is 5.91 Å². The van der Waals surface area contributed by atoms with Crippen molar-refractivity contribution in [2.24, 2.45) is 0 Å². The van der Waals surface area contributed by atoms with E-state index in [9.17, 15) is 4.79 Å². The van der Waals surface area contributed by atoms with Crippen LogP contribution in [0.3, 0.4) is 0 Å². The van der Waals surface area contributed by atoms with E-state index >= 15 is 0 Å². The molecule has 1 amide bonds. The molecule has 3 rings (SSSR count). The highest BCUT2D eigenvalue weighted by molar-refractivity contribution is 5.92. The summed E-state index contributed by atoms with van der Waals surface area (Å²) in [5, 5.41) is 20.1. The Balaban J connectivity index is 1.67. The molecule has 1 aromatic heterocycles. The van der Waals surface area contributed by atoms with Gasteiger partial charge >= 0.3 is 0 Å². The molecule has 8 nitrogen and oxygen atoms in total. The van der Waals surface area contributed by atoms with Crippen molar-refractivity contribution in [2.75, 3.05) is 39.4 Å². The minimum Gasteiger partial charge on any atom is -0.394 e. The lowest BCUT2D eigenvalue weighted by atomic mass is 10.2. The third kappa shape index (κ3) is 2.46. The number of aliphatic hydroxyl groups is 1. The second-order valence-corrected chi connectivity index (χ2v) is 4.82. The Hall–Kier alpha value is -1.51. The van der Waals surface area contributed by atoms with E-state index < -0.39 is 0 Å². The summed E-state index contributed by atoms with van der Waals surface area (Å²) in [6.45, 7) is 3.00. The van der Waals surface area contributed by atoms with Crippen LogP contribution in [0.5, 0.6) is 0 Å². The Kier molecular flexibility index (Phi) is 3.45. The average molecular weight is 267 g/mol. The highest BCUT2D eigenvalue weighted by atomic mass is 16.5. The SMILES string of the molecule is O=C(c1cn(C2CNC2)nn1)N1CCOC(CO)C1. The Morgan fingerprint density at radius 1 is 1.58 bits per heavy atom. The standard InChI is InChI=1S/C11H17N5O3/c17-7-9-5-15(1-2-19-9)11(18)10-6-16(14-13-10)8-3-12-4-8/h6,8-9,12,17H,1-5,7H2. The number of nitrogens with zero attached hydrogens (tertiary/aromatic N) is 4. The zero-order chi connectivity index (χ0) is 13.2. The molecule has 2 aliphatic rings. The molecule has 0 bridgehead atoms. The quantitative estimate of drug-likeness (QED) is 0.675. The van der Waals surface area contributed by atoms with Crippen molar-refractivity contribution in [3.05, 3.63) is 11.9 Å². The summed E-state index contributed by atoms with van der Waals surface area (Å²) in [6.07, 6.45) is 1.39. The van der Waals surface area contributed by atoms with E-state index in [4.69, 9.17) is 9.84 Å². The van der Waals surface area contributed by atoms with Gasteiger partial charge in [-0.15, -0.1) is 5.10 Å². The van der Waals surface area contributed by atoms with Crippen LogP contribution in [0.15, 0.2) is 6.20 Å². The van der Waals surface area contributed by atoms with Gasteiger partial charge in [-0.3, -0.25) is 4.79 Å². The second kappa shape index (κ2) is 5.24. The van der Waals surface area contributed by atoms with Crippen LogP contribution in [0.2, 0.25) is 0 Å². The van der Waals surface area contributed by atoms with Crippen LogP contribution in [0.4, 0.5) is 0 Å². The first kappa shape index (κ1) is 12.5. The van der Waals surface area contributed by atoms with Gasteiger partial charge in [-0.05, 0) is 0 Å². The van der Waals surface area contributed by atoms with Crippen LogP contribution in [0, 0.1) is 0 Å². The summed E-state index contributed by atoms with van der Waals surface area (Å²) in [6, 6.07) is 0.295. The lowest BCUT2D eigenvalue weighted by Crippen LogP contribution is -2.47. The van der Waals surface area contributed by atoms with E-state index in [0.717, 1.165) is 13.1 Å². The van der Waals surface area contributed by atoms with Crippen LogP contribution in [0.1, 0.15) is 16.5 Å². The van der Waals surface area contributed by atoms with Gasteiger partial charge in [-0.1, -0.05) is 5.21 Å². The van der Waals surface area contributed by atoms with Crippen molar-refractivity contribution in [3.8, 4) is 0 Å². The molecule has 1 atom stereocenters. The molecule has 0 radical (unpaired) electrons. The lowest BCUT2D eigenvalue weighted by Gasteiger charge is -2.31. The van der Waals surface area contributed by atoms with Crippen LogP contribution < -0.4 is 5.32 Å². The highest BCUT2D eigenvalue weighted by Gasteiger charge is 2.27.